The highest BCUT2D eigenvalue weighted by Crippen LogP contribution is 1.99. The smallest absolute Gasteiger partial charge is 0.305 e. The monoisotopic (exact) mass is 320 g/mol. The zero-order valence-corrected chi connectivity index (χ0v) is 13.0. The number of aliphatic carboxylic acids is 2. The highest BCUT2D eigenvalue weighted by molar-refractivity contribution is 5.72. The zero-order valence-electron chi connectivity index (χ0n) is 13.0. The maximum absolute atomic E-state index is 10.8. The van der Waals surface area contributed by atoms with Crippen molar-refractivity contribution in [3.8, 4) is 0 Å². The molecule has 0 aliphatic heterocycles. The molecule has 2 N–H and O–H groups in total. The molecule has 0 aromatic carbocycles. The molecule has 8 nitrogen and oxygen atoms in total. The Morgan fingerprint density at radius 2 is 1.00 bits per heavy atom. The second-order valence-electron chi connectivity index (χ2n) is 4.10. The van der Waals surface area contributed by atoms with Crippen molar-refractivity contribution in [2.45, 2.75) is 52.4 Å². The molecule has 128 valence electrons. The van der Waals surface area contributed by atoms with E-state index >= 15 is 0 Å². The molecule has 0 aliphatic carbocycles. The summed E-state index contributed by atoms with van der Waals surface area (Å²) in [6.07, 6.45) is 1.15. The average Bonchev–Trinajstić information content (AvgIpc) is 2.39. The van der Waals surface area contributed by atoms with E-state index in [4.69, 9.17) is 19.7 Å². The average molecular weight is 320 g/mol. The normalized spacial score (nSPS) is 9.18. The van der Waals surface area contributed by atoms with E-state index in [1.807, 2.05) is 0 Å². The largest absolute Gasteiger partial charge is 0.481 e. The third-order valence-corrected chi connectivity index (χ3v) is 2.15. The van der Waals surface area contributed by atoms with Gasteiger partial charge in [0.2, 0.25) is 0 Å². The first-order chi connectivity index (χ1) is 10.3. The predicted octanol–water partition coefficient (Wildman–Crippen LogP) is 1.61. The maximum Gasteiger partial charge on any atom is 0.305 e. The standard InChI is InChI=1S/C9H16O4.C5H8O4/c1-3-12-8(10)6-5-7-9(11)13-4-2;6-4(7)2-1-3-5(8)9/h3-7H2,1-2H3;1-3H2,(H,6,7)(H,8,9). The Morgan fingerprint density at radius 1 is 0.682 bits per heavy atom. The van der Waals surface area contributed by atoms with Crippen LogP contribution in [0.2, 0.25) is 0 Å². The summed E-state index contributed by atoms with van der Waals surface area (Å²) in [5.41, 5.74) is 0. The van der Waals surface area contributed by atoms with Gasteiger partial charge in [-0.1, -0.05) is 0 Å². The van der Waals surface area contributed by atoms with Gasteiger partial charge in [0.25, 0.3) is 0 Å². The third-order valence-electron chi connectivity index (χ3n) is 2.15. The van der Waals surface area contributed by atoms with Gasteiger partial charge in [-0.05, 0) is 26.7 Å². The van der Waals surface area contributed by atoms with Crippen LogP contribution in [-0.4, -0.2) is 47.3 Å². The Labute approximate surface area is 129 Å². The second-order valence-corrected chi connectivity index (χ2v) is 4.10. The summed E-state index contributed by atoms with van der Waals surface area (Å²) >= 11 is 0. The van der Waals surface area contributed by atoms with Gasteiger partial charge in [-0.15, -0.1) is 0 Å². The van der Waals surface area contributed by atoms with Crippen molar-refractivity contribution in [3.05, 3.63) is 0 Å². The molecule has 0 heterocycles. The minimum Gasteiger partial charge on any atom is -0.481 e. The van der Waals surface area contributed by atoms with Gasteiger partial charge in [0, 0.05) is 25.7 Å². The van der Waals surface area contributed by atoms with Crippen molar-refractivity contribution in [1.29, 1.82) is 0 Å². The molecular formula is C14H24O8. The second kappa shape index (κ2) is 15.3. The summed E-state index contributed by atoms with van der Waals surface area (Å²) in [6, 6.07) is 0. The van der Waals surface area contributed by atoms with Crippen LogP contribution in [0.5, 0.6) is 0 Å². The zero-order chi connectivity index (χ0) is 17.4. The number of hydrogen-bond donors (Lipinski definition) is 2. The Balaban J connectivity index is 0. The summed E-state index contributed by atoms with van der Waals surface area (Å²) < 4.78 is 9.39. The van der Waals surface area contributed by atoms with Crippen LogP contribution in [0, 0.1) is 0 Å². The van der Waals surface area contributed by atoms with Crippen LogP contribution >= 0.6 is 0 Å². The van der Waals surface area contributed by atoms with Crippen molar-refractivity contribution < 1.29 is 38.9 Å². The minimum atomic E-state index is -0.948. The van der Waals surface area contributed by atoms with E-state index in [-0.39, 0.29) is 44.0 Å². The third kappa shape index (κ3) is 20.2. The lowest BCUT2D eigenvalue weighted by molar-refractivity contribution is -0.145. The van der Waals surface area contributed by atoms with Crippen LogP contribution in [0.4, 0.5) is 0 Å². The number of ether oxygens (including phenoxy) is 2. The number of carboxylic acid groups (broad SMARTS) is 2. The SMILES string of the molecule is CCOC(=O)CCCC(=O)OCC.O=C(O)CCCC(=O)O. The van der Waals surface area contributed by atoms with Crippen LogP contribution in [0.25, 0.3) is 0 Å². The van der Waals surface area contributed by atoms with Gasteiger partial charge < -0.3 is 19.7 Å². The molecule has 0 fully saturated rings. The van der Waals surface area contributed by atoms with E-state index in [0.717, 1.165) is 0 Å². The topological polar surface area (TPSA) is 127 Å². The number of carbonyl (C=O) groups is 4. The van der Waals surface area contributed by atoms with E-state index in [9.17, 15) is 19.2 Å². The first-order valence-electron chi connectivity index (χ1n) is 7.08. The van der Waals surface area contributed by atoms with E-state index in [1.54, 1.807) is 13.8 Å². The van der Waals surface area contributed by atoms with Crippen LogP contribution in [0.15, 0.2) is 0 Å². The summed E-state index contributed by atoms with van der Waals surface area (Å²) in [6.45, 7) is 4.28. The van der Waals surface area contributed by atoms with Crippen molar-refractivity contribution >= 4 is 23.9 Å². The summed E-state index contributed by atoms with van der Waals surface area (Å²) in [4.78, 5) is 41.2. The lowest BCUT2D eigenvalue weighted by Gasteiger charge is -2.01. The van der Waals surface area contributed by atoms with Gasteiger partial charge in [0.05, 0.1) is 13.2 Å². The Hall–Kier alpha value is -2.12. The minimum absolute atomic E-state index is 0.0632. The van der Waals surface area contributed by atoms with Crippen LogP contribution in [0.1, 0.15) is 52.4 Å². The molecule has 0 unspecified atom stereocenters. The van der Waals surface area contributed by atoms with Crippen molar-refractivity contribution in [3.63, 3.8) is 0 Å². The van der Waals surface area contributed by atoms with E-state index in [1.165, 1.54) is 0 Å². The van der Waals surface area contributed by atoms with Gasteiger partial charge in [-0.3, -0.25) is 19.2 Å². The molecule has 8 heteroatoms. The Kier molecular flexibility index (Phi) is 15.4. The maximum atomic E-state index is 10.8. The molecule has 0 spiro atoms. The molecule has 0 saturated heterocycles. The van der Waals surface area contributed by atoms with Gasteiger partial charge in [-0.25, -0.2) is 0 Å². The number of rotatable bonds is 10. The van der Waals surface area contributed by atoms with Crippen LogP contribution in [0.3, 0.4) is 0 Å². The molecule has 0 aliphatic rings. The first kappa shape index (κ1) is 22.2. The highest BCUT2D eigenvalue weighted by Gasteiger charge is 2.05. The van der Waals surface area contributed by atoms with Crippen LogP contribution in [-0.2, 0) is 28.7 Å². The molecule has 22 heavy (non-hydrogen) atoms. The molecule has 0 bridgehead atoms. The number of carboxylic acids is 2. The van der Waals surface area contributed by atoms with Crippen LogP contribution < -0.4 is 0 Å². The number of esters is 2. The van der Waals surface area contributed by atoms with Gasteiger partial charge in [-0.2, -0.15) is 0 Å². The lowest BCUT2D eigenvalue weighted by atomic mass is 10.2. The highest BCUT2D eigenvalue weighted by atomic mass is 16.5. The fourth-order valence-corrected chi connectivity index (χ4v) is 1.23. The van der Waals surface area contributed by atoms with E-state index in [0.29, 0.717) is 19.6 Å². The van der Waals surface area contributed by atoms with Crippen molar-refractivity contribution in [2.75, 3.05) is 13.2 Å². The molecule has 0 radical (unpaired) electrons. The summed E-state index contributed by atoms with van der Waals surface area (Å²) in [7, 11) is 0. The molecule has 0 saturated carbocycles. The number of hydrogen-bond acceptors (Lipinski definition) is 6. The van der Waals surface area contributed by atoms with E-state index < -0.39 is 11.9 Å². The van der Waals surface area contributed by atoms with Crippen molar-refractivity contribution in [1.82, 2.24) is 0 Å². The van der Waals surface area contributed by atoms with Gasteiger partial charge in [0.1, 0.15) is 0 Å². The fraction of sp³-hybridized carbons (Fsp3) is 0.714. The Bertz CT molecular complexity index is 319. The molecule has 0 aromatic rings. The fourth-order valence-electron chi connectivity index (χ4n) is 1.23. The predicted molar refractivity (Wildman–Crippen MR) is 76.2 cm³/mol. The van der Waals surface area contributed by atoms with Gasteiger partial charge >= 0.3 is 23.9 Å². The molecule has 0 amide bonds. The summed E-state index contributed by atoms with van der Waals surface area (Å²) in [5, 5.41) is 16.1. The quantitative estimate of drug-likeness (QED) is 0.581. The van der Waals surface area contributed by atoms with E-state index in [2.05, 4.69) is 0 Å². The Morgan fingerprint density at radius 3 is 1.27 bits per heavy atom. The molecule has 0 aromatic heterocycles. The number of carbonyl (C=O) groups excluding carboxylic acids is 2. The molecule has 0 rings (SSSR count). The first-order valence-corrected chi connectivity index (χ1v) is 7.08. The molecular weight excluding hydrogens is 296 g/mol. The molecule has 0 atom stereocenters. The van der Waals surface area contributed by atoms with Crippen molar-refractivity contribution in [2.24, 2.45) is 0 Å². The lowest BCUT2D eigenvalue weighted by Crippen LogP contribution is -2.07. The summed E-state index contributed by atoms with van der Waals surface area (Å²) in [5.74, 6) is -2.41. The van der Waals surface area contributed by atoms with Gasteiger partial charge in [0.15, 0.2) is 0 Å².